The van der Waals surface area contributed by atoms with Crippen LogP contribution in [0.25, 0.3) is 0 Å². The summed E-state index contributed by atoms with van der Waals surface area (Å²) in [5.41, 5.74) is 1.34. The molecule has 0 bridgehead atoms. The molecule has 0 amide bonds. The maximum atomic E-state index is 8.83. The number of nitriles is 2. The molecular weight excluding hydrogens is 236 g/mol. The summed E-state index contributed by atoms with van der Waals surface area (Å²) in [6.07, 6.45) is 8.54. The van der Waals surface area contributed by atoms with Crippen LogP contribution in [-0.4, -0.2) is 0 Å². The lowest BCUT2D eigenvalue weighted by Gasteiger charge is -1.97. The van der Waals surface area contributed by atoms with E-state index in [1.807, 2.05) is 46.1 Å². The minimum absolute atomic E-state index is 0.668. The van der Waals surface area contributed by atoms with Crippen molar-refractivity contribution in [1.82, 2.24) is 0 Å². The van der Waals surface area contributed by atoms with Gasteiger partial charge in [-0.05, 0) is 12.1 Å². The van der Waals surface area contributed by atoms with Crippen LogP contribution in [-0.2, 0) is 13.1 Å². The van der Waals surface area contributed by atoms with Gasteiger partial charge in [0.15, 0.2) is 37.9 Å². The zero-order valence-electron chi connectivity index (χ0n) is 10.5. The standard InChI is InChI=1S/C15H14N4/c16-10-14-4-1-6-18(12-14)8-3-9-19-7-2-5-15(11-17)13-19/h1-2,4-7,12-13H,3,8-9H2/q+2. The Morgan fingerprint density at radius 2 is 1.32 bits per heavy atom. The average Bonchev–Trinajstić information content (AvgIpc) is 2.48. The van der Waals surface area contributed by atoms with Crippen molar-refractivity contribution in [2.45, 2.75) is 19.5 Å². The summed E-state index contributed by atoms with van der Waals surface area (Å²) in [6, 6.07) is 11.6. The molecule has 0 atom stereocenters. The van der Waals surface area contributed by atoms with Crippen LogP contribution in [0.1, 0.15) is 17.5 Å². The Kier molecular flexibility index (Phi) is 4.21. The molecule has 2 aromatic rings. The van der Waals surface area contributed by atoms with E-state index >= 15 is 0 Å². The number of hydrogen-bond acceptors (Lipinski definition) is 2. The maximum absolute atomic E-state index is 8.83. The molecule has 4 nitrogen and oxygen atoms in total. The summed E-state index contributed by atoms with van der Waals surface area (Å²) in [4.78, 5) is 0. The normalized spacial score (nSPS) is 9.58. The monoisotopic (exact) mass is 250 g/mol. The van der Waals surface area contributed by atoms with E-state index in [0.717, 1.165) is 19.5 Å². The van der Waals surface area contributed by atoms with Gasteiger partial charge in [0.1, 0.15) is 23.3 Å². The molecule has 2 heterocycles. The van der Waals surface area contributed by atoms with Crippen LogP contribution in [0.2, 0.25) is 0 Å². The first-order valence-electron chi connectivity index (χ1n) is 6.10. The van der Waals surface area contributed by atoms with Gasteiger partial charge in [0, 0.05) is 12.1 Å². The molecule has 19 heavy (non-hydrogen) atoms. The summed E-state index contributed by atoms with van der Waals surface area (Å²) in [6.45, 7) is 1.69. The summed E-state index contributed by atoms with van der Waals surface area (Å²) in [5.74, 6) is 0. The Hall–Kier alpha value is -2.72. The van der Waals surface area contributed by atoms with Crippen LogP contribution in [0.3, 0.4) is 0 Å². The van der Waals surface area contributed by atoms with Gasteiger partial charge in [0.25, 0.3) is 0 Å². The van der Waals surface area contributed by atoms with Crippen molar-refractivity contribution in [3.63, 3.8) is 0 Å². The molecule has 92 valence electrons. The molecule has 0 fully saturated rings. The predicted octanol–water partition coefficient (Wildman–Crippen LogP) is 1.10. The van der Waals surface area contributed by atoms with Crippen LogP contribution < -0.4 is 9.13 Å². The second kappa shape index (κ2) is 6.28. The number of rotatable bonds is 4. The highest BCUT2D eigenvalue weighted by molar-refractivity contribution is 5.22. The topological polar surface area (TPSA) is 55.3 Å². The molecule has 0 aliphatic rings. The molecule has 0 aliphatic carbocycles. The van der Waals surface area contributed by atoms with Crippen molar-refractivity contribution < 1.29 is 9.13 Å². The van der Waals surface area contributed by atoms with Crippen LogP contribution in [0.5, 0.6) is 0 Å². The number of pyridine rings is 2. The minimum atomic E-state index is 0.668. The molecular formula is C15H14N4+2. The molecule has 0 N–H and O–H groups in total. The van der Waals surface area contributed by atoms with Crippen molar-refractivity contribution in [2.24, 2.45) is 0 Å². The Morgan fingerprint density at radius 1 is 0.842 bits per heavy atom. The second-order valence-corrected chi connectivity index (χ2v) is 4.24. The van der Waals surface area contributed by atoms with Gasteiger partial charge in [-0.15, -0.1) is 0 Å². The maximum Gasteiger partial charge on any atom is 0.186 e. The van der Waals surface area contributed by atoms with Crippen molar-refractivity contribution >= 4 is 0 Å². The van der Waals surface area contributed by atoms with E-state index in [1.165, 1.54) is 0 Å². The van der Waals surface area contributed by atoms with Crippen molar-refractivity contribution in [1.29, 1.82) is 10.5 Å². The molecule has 0 saturated heterocycles. The molecule has 4 heteroatoms. The van der Waals surface area contributed by atoms with Crippen LogP contribution in [0, 0.1) is 22.7 Å². The second-order valence-electron chi connectivity index (χ2n) is 4.24. The first-order valence-corrected chi connectivity index (χ1v) is 6.10. The van der Waals surface area contributed by atoms with Crippen molar-refractivity contribution in [3.8, 4) is 12.1 Å². The van der Waals surface area contributed by atoms with E-state index in [0.29, 0.717) is 11.1 Å². The predicted molar refractivity (Wildman–Crippen MR) is 67.3 cm³/mol. The fourth-order valence-electron chi connectivity index (χ4n) is 1.89. The van der Waals surface area contributed by atoms with E-state index in [-0.39, 0.29) is 0 Å². The molecule has 0 spiro atoms. The smallest absolute Gasteiger partial charge is 0.186 e. The highest BCUT2D eigenvalue weighted by Crippen LogP contribution is 1.93. The third-order valence-corrected chi connectivity index (χ3v) is 2.81. The zero-order chi connectivity index (χ0) is 13.5. The number of aryl methyl sites for hydroxylation is 2. The average molecular weight is 250 g/mol. The molecule has 0 aromatic carbocycles. The lowest BCUT2D eigenvalue weighted by molar-refractivity contribution is -0.727. The van der Waals surface area contributed by atoms with Gasteiger partial charge in [0.05, 0.1) is 6.42 Å². The van der Waals surface area contributed by atoms with E-state index in [4.69, 9.17) is 10.5 Å². The molecule has 0 aliphatic heterocycles. The number of aromatic nitrogens is 2. The molecule has 0 saturated carbocycles. The lowest BCUT2D eigenvalue weighted by Crippen LogP contribution is -2.38. The fourth-order valence-corrected chi connectivity index (χ4v) is 1.89. The first kappa shape index (κ1) is 12.7. The van der Waals surface area contributed by atoms with Gasteiger partial charge in [-0.25, -0.2) is 9.13 Å². The first-order chi connectivity index (χ1) is 9.31. The van der Waals surface area contributed by atoms with Gasteiger partial charge in [-0.2, -0.15) is 10.5 Å². The third-order valence-electron chi connectivity index (χ3n) is 2.81. The highest BCUT2D eigenvalue weighted by atomic mass is 15.0. The lowest BCUT2D eigenvalue weighted by atomic mass is 10.3. The zero-order valence-corrected chi connectivity index (χ0v) is 10.5. The largest absolute Gasteiger partial charge is 0.204 e. The van der Waals surface area contributed by atoms with Crippen molar-refractivity contribution in [3.05, 3.63) is 60.2 Å². The van der Waals surface area contributed by atoms with Gasteiger partial charge in [-0.1, -0.05) is 0 Å². The van der Waals surface area contributed by atoms with E-state index in [1.54, 1.807) is 12.1 Å². The Bertz CT molecular complexity index is 592. The fraction of sp³-hybridized carbons (Fsp3) is 0.200. The van der Waals surface area contributed by atoms with Gasteiger partial charge >= 0.3 is 0 Å². The van der Waals surface area contributed by atoms with E-state index in [2.05, 4.69) is 12.1 Å². The summed E-state index contributed by atoms with van der Waals surface area (Å²) < 4.78 is 4.01. The Balaban J connectivity index is 1.93. The minimum Gasteiger partial charge on any atom is -0.204 e. The Labute approximate surface area is 112 Å². The molecule has 0 radical (unpaired) electrons. The molecule has 2 aromatic heterocycles. The van der Waals surface area contributed by atoms with Crippen LogP contribution >= 0.6 is 0 Å². The van der Waals surface area contributed by atoms with Gasteiger partial charge < -0.3 is 0 Å². The summed E-state index contributed by atoms with van der Waals surface area (Å²) in [5, 5.41) is 17.7. The Morgan fingerprint density at radius 3 is 1.74 bits per heavy atom. The van der Waals surface area contributed by atoms with Crippen molar-refractivity contribution in [2.75, 3.05) is 0 Å². The quantitative estimate of drug-likeness (QED) is 0.763. The van der Waals surface area contributed by atoms with Crippen LogP contribution in [0.15, 0.2) is 49.1 Å². The van der Waals surface area contributed by atoms with Gasteiger partial charge in [0.2, 0.25) is 0 Å². The summed E-state index contributed by atoms with van der Waals surface area (Å²) in [7, 11) is 0. The number of hydrogen-bond donors (Lipinski definition) is 0. The van der Waals surface area contributed by atoms with Gasteiger partial charge in [-0.3, -0.25) is 0 Å². The van der Waals surface area contributed by atoms with E-state index < -0.39 is 0 Å². The summed E-state index contributed by atoms with van der Waals surface area (Å²) >= 11 is 0. The highest BCUT2D eigenvalue weighted by Gasteiger charge is 2.06. The van der Waals surface area contributed by atoms with E-state index in [9.17, 15) is 0 Å². The van der Waals surface area contributed by atoms with Crippen LogP contribution in [0.4, 0.5) is 0 Å². The third kappa shape index (κ3) is 3.62. The number of nitrogens with zero attached hydrogens (tertiary/aromatic N) is 4. The molecule has 2 rings (SSSR count). The SMILES string of the molecule is N#Cc1ccc[n+](CCC[n+]2cccc(C#N)c2)c1. The molecule has 0 unspecified atom stereocenters.